The van der Waals surface area contributed by atoms with Crippen LogP contribution in [0.15, 0.2) is 0 Å². The molecule has 2 heteroatoms. The molecule has 2 saturated carbocycles. The lowest BCUT2D eigenvalue weighted by molar-refractivity contribution is 0.178. The van der Waals surface area contributed by atoms with Crippen molar-refractivity contribution in [2.75, 3.05) is 0 Å². The van der Waals surface area contributed by atoms with Gasteiger partial charge in [-0.3, -0.25) is 0 Å². The Balaban J connectivity index is 1.83. The minimum Gasteiger partial charge on any atom is -0.328 e. The van der Waals surface area contributed by atoms with Crippen molar-refractivity contribution < 1.29 is 0 Å². The number of hydrogen-bond acceptors (Lipinski definition) is 2. The molecule has 16 heavy (non-hydrogen) atoms. The van der Waals surface area contributed by atoms with Gasteiger partial charge in [0.05, 0.1) is 0 Å². The van der Waals surface area contributed by atoms with Gasteiger partial charge in [0.25, 0.3) is 0 Å². The Kier molecular flexibility index (Phi) is 4.26. The largest absolute Gasteiger partial charge is 0.328 e. The molecule has 0 spiro atoms. The fourth-order valence-electron chi connectivity index (χ4n) is 3.50. The van der Waals surface area contributed by atoms with Crippen molar-refractivity contribution in [3.8, 4) is 0 Å². The minimum atomic E-state index is 0.447. The standard InChI is InChI=1S/C14H28N2/c1-10-5-3-8-14(11(10)2)16-13-7-4-6-12(15)9-13/h10-14,16H,3-9,15H2,1-2H3. The van der Waals surface area contributed by atoms with Gasteiger partial charge in [-0.25, -0.2) is 0 Å². The monoisotopic (exact) mass is 224 g/mol. The van der Waals surface area contributed by atoms with Gasteiger partial charge in [0, 0.05) is 18.1 Å². The highest BCUT2D eigenvalue weighted by atomic mass is 15.0. The summed E-state index contributed by atoms with van der Waals surface area (Å²) in [6.07, 6.45) is 9.27. The van der Waals surface area contributed by atoms with E-state index in [1.165, 1.54) is 44.9 Å². The maximum absolute atomic E-state index is 6.05. The van der Waals surface area contributed by atoms with Crippen LogP contribution in [0.25, 0.3) is 0 Å². The first-order chi connectivity index (χ1) is 7.66. The van der Waals surface area contributed by atoms with Gasteiger partial charge >= 0.3 is 0 Å². The van der Waals surface area contributed by atoms with Crippen molar-refractivity contribution in [1.29, 1.82) is 0 Å². The highest BCUT2D eigenvalue weighted by Crippen LogP contribution is 2.30. The zero-order valence-electron chi connectivity index (χ0n) is 10.9. The Hall–Kier alpha value is -0.0800. The topological polar surface area (TPSA) is 38.0 Å². The van der Waals surface area contributed by atoms with Crippen LogP contribution in [-0.4, -0.2) is 18.1 Å². The third-order valence-electron chi connectivity index (χ3n) is 4.87. The third-order valence-corrected chi connectivity index (χ3v) is 4.87. The van der Waals surface area contributed by atoms with Crippen LogP contribution < -0.4 is 11.1 Å². The quantitative estimate of drug-likeness (QED) is 0.757. The summed E-state index contributed by atoms with van der Waals surface area (Å²) in [5, 5.41) is 3.89. The second kappa shape index (κ2) is 5.50. The Morgan fingerprint density at radius 2 is 1.75 bits per heavy atom. The summed E-state index contributed by atoms with van der Waals surface area (Å²) < 4.78 is 0. The Bertz CT molecular complexity index is 217. The van der Waals surface area contributed by atoms with Crippen LogP contribution in [-0.2, 0) is 0 Å². The molecule has 0 radical (unpaired) electrons. The number of nitrogens with two attached hydrogens (primary N) is 1. The van der Waals surface area contributed by atoms with E-state index >= 15 is 0 Å². The van der Waals surface area contributed by atoms with E-state index in [1.807, 2.05) is 0 Å². The van der Waals surface area contributed by atoms with E-state index in [9.17, 15) is 0 Å². The van der Waals surface area contributed by atoms with Gasteiger partial charge in [-0.1, -0.05) is 33.1 Å². The molecule has 2 nitrogen and oxygen atoms in total. The Morgan fingerprint density at radius 1 is 1.00 bits per heavy atom. The van der Waals surface area contributed by atoms with Gasteiger partial charge in [-0.15, -0.1) is 0 Å². The van der Waals surface area contributed by atoms with Gasteiger partial charge in [0.2, 0.25) is 0 Å². The predicted octanol–water partition coefficient (Wildman–Crippen LogP) is 2.67. The van der Waals surface area contributed by atoms with Crippen molar-refractivity contribution in [3.05, 3.63) is 0 Å². The number of nitrogens with one attached hydrogen (secondary N) is 1. The van der Waals surface area contributed by atoms with Crippen molar-refractivity contribution in [2.45, 2.75) is 76.9 Å². The molecule has 0 aromatic carbocycles. The van der Waals surface area contributed by atoms with Gasteiger partial charge < -0.3 is 11.1 Å². The van der Waals surface area contributed by atoms with Crippen LogP contribution in [0.3, 0.4) is 0 Å². The van der Waals surface area contributed by atoms with Crippen molar-refractivity contribution >= 4 is 0 Å². The fraction of sp³-hybridized carbons (Fsp3) is 1.00. The molecule has 0 aromatic rings. The molecular formula is C14H28N2. The third kappa shape index (κ3) is 2.98. The molecule has 2 fully saturated rings. The van der Waals surface area contributed by atoms with Crippen molar-refractivity contribution in [3.63, 3.8) is 0 Å². The van der Waals surface area contributed by atoms with Crippen LogP contribution in [0, 0.1) is 11.8 Å². The molecule has 0 aliphatic heterocycles. The molecule has 5 atom stereocenters. The summed E-state index contributed by atoms with van der Waals surface area (Å²) >= 11 is 0. The molecule has 0 bridgehead atoms. The normalized spacial score (nSPS) is 45.6. The Morgan fingerprint density at radius 3 is 2.50 bits per heavy atom. The molecule has 2 aliphatic rings. The maximum Gasteiger partial charge on any atom is 0.00978 e. The first kappa shape index (κ1) is 12.4. The number of hydrogen-bond donors (Lipinski definition) is 2. The lowest BCUT2D eigenvalue weighted by Gasteiger charge is -2.39. The minimum absolute atomic E-state index is 0.447. The maximum atomic E-state index is 6.05. The smallest absolute Gasteiger partial charge is 0.00978 e. The average molecular weight is 224 g/mol. The summed E-state index contributed by atoms with van der Waals surface area (Å²) in [6.45, 7) is 4.83. The molecule has 5 unspecified atom stereocenters. The van der Waals surface area contributed by atoms with Crippen molar-refractivity contribution in [2.24, 2.45) is 17.6 Å². The SMILES string of the molecule is CC1CCCC(NC2CCCC(N)C2)C1C. The summed E-state index contributed by atoms with van der Waals surface area (Å²) in [6, 6.07) is 1.89. The van der Waals surface area contributed by atoms with Gasteiger partial charge in [0.1, 0.15) is 0 Å². The highest BCUT2D eigenvalue weighted by Gasteiger charge is 2.29. The predicted molar refractivity (Wildman–Crippen MR) is 69.3 cm³/mol. The van der Waals surface area contributed by atoms with Gasteiger partial charge in [-0.05, 0) is 37.5 Å². The van der Waals surface area contributed by atoms with Crippen LogP contribution in [0.1, 0.15) is 58.8 Å². The van der Waals surface area contributed by atoms with Crippen LogP contribution >= 0.6 is 0 Å². The van der Waals surface area contributed by atoms with E-state index in [-0.39, 0.29) is 0 Å². The van der Waals surface area contributed by atoms with Gasteiger partial charge in [0.15, 0.2) is 0 Å². The lowest BCUT2D eigenvalue weighted by atomic mass is 9.77. The summed E-state index contributed by atoms with van der Waals surface area (Å²) in [5.41, 5.74) is 6.05. The molecule has 2 rings (SSSR count). The van der Waals surface area contributed by atoms with E-state index in [0.29, 0.717) is 12.1 Å². The van der Waals surface area contributed by atoms with E-state index in [2.05, 4.69) is 19.2 Å². The van der Waals surface area contributed by atoms with Gasteiger partial charge in [-0.2, -0.15) is 0 Å². The summed E-state index contributed by atoms with van der Waals surface area (Å²) in [4.78, 5) is 0. The second-order valence-electron chi connectivity index (χ2n) is 6.16. The molecule has 0 saturated heterocycles. The molecule has 94 valence electrons. The molecule has 0 amide bonds. The summed E-state index contributed by atoms with van der Waals surface area (Å²) in [5.74, 6) is 1.73. The van der Waals surface area contributed by atoms with E-state index in [1.54, 1.807) is 0 Å². The van der Waals surface area contributed by atoms with E-state index in [4.69, 9.17) is 5.73 Å². The lowest BCUT2D eigenvalue weighted by Crippen LogP contribution is -2.48. The first-order valence-corrected chi connectivity index (χ1v) is 7.18. The molecule has 0 aromatic heterocycles. The highest BCUT2D eigenvalue weighted by molar-refractivity contribution is 4.87. The molecule has 0 heterocycles. The zero-order valence-corrected chi connectivity index (χ0v) is 10.9. The molecule has 3 N–H and O–H groups in total. The van der Waals surface area contributed by atoms with Crippen molar-refractivity contribution in [1.82, 2.24) is 5.32 Å². The van der Waals surface area contributed by atoms with E-state index in [0.717, 1.165) is 17.9 Å². The second-order valence-corrected chi connectivity index (χ2v) is 6.16. The number of rotatable bonds is 2. The van der Waals surface area contributed by atoms with Crippen LogP contribution in [0.5, 0.6) is 0 Å². The van der Waals surface area contributed by atoms with Crippen LogP contribution in [0.2, 0.25) is 0 Å². The fourth-order valence-corrected chi connectivity index (χ4v) is 3.50. The first-order valence-electron chi connectivity index (χ1n) is 7.18. The van der Waals surface area contributed by atoms with E-state index < -0.39 is 0 Å². The Labute approximate surface area is 100 Å². The molecule has 2 aliphatic carbocycles. The molecular weight excluding hydrogens is 196 g/mol. The van der Waals surface area contributed by atoms with Crippen LogP contribution in [0.4, 0.5) is 0 Å². The average Bonchev–Trinajstić information content (AvgIpc) is 2.25. The zero-order chi connectivity index (χ0) is 11.5. The summed E-state index contributed by atoms with van der Waals surface area (Å²) in [7, 11) is 0.